The van der Waals surface area contributed by atoms with E-state index in [2.05, 4.69) is 10.6 Å². The Kier molecular flexibility index (Phi) is 5.92. The summed E-state index contributed by atoms with van der Waals surface area (Å²) in [6.45, 7) is 2.29. The molecule has 0 aromatic heterocycles. The first-order valence-corrected chi connectivity index (χ1v) is 11.7. The molecule has 0 unspecified atom stereocenters. The van der Waals surface area contributed by atoms with E-state index in [0.717, 1.165) is 11.1 Å². The second kappa shape index (κ2) is 8.49. The smallest absolute Gasteiger partial charge is 0.262 e. The van der Waals surface area contributed by atoms with Gasteiger partial charge in [-0.25, -0.2) is 8.42 Å². The average molecular weight is 464 g/mol. The van der Waals surface area contributed by atoms with Crippen LogP contribution in [0.15, 0.2) is 41.3 Å². The summed E-state index contributed by atoms with van der Waals surface area (Å²) in [4.78, 5) is 24.2. The highest BCUT2D eigenvalue weighted by molar-refractivity contribution is 7.89. The predicted molar refractivity (Wildman–Crippen MR) is 116 cm³/mol. The van der Waals surface area contributed by atoms with Crippen LogP contribution in [0.2, 0.25) is 5.02 Å². The number of rotatable bonds is 5. The summed E-state index contributed by atoms with van der Waals surface area (Å²) in [5.41, 5.74) is 2.33. The Morgan fingerprint density at radius 2 is 2.10 bits per heavy atom. The topological polar surface area (TPSA) is 105 Å². The summed E-state index contributed by atoms with van der Waals surface area (Å²) in [6, 6.07) is 9.52. The summed E-state index contributed by atoms with van der Waals surface area (Å²) >= 11 is 6.24. The van der Waals surface area contributed by atoms with Gasteiger partial charge in [-0.15, -0.1) is 0 Å². The second-order valence-corrected chi connectivity index (χ2v) is 9.80. The van der Waals surface area contributed by atoms with Crippen LogP contribution in [-0.2, 0) is 26.2 Å². The fourth-order valence-electron chi connectivity index (χ4n) is 3.80. The molecule has 1 saturated heterocycles. The van der Waals surface area contributed by atoms with E-state index in [1.54, 1.807) is 0 Å². The van der Waals surface area contributed by atoms with Crippen LogP contribution in [0.1, 0.15) is 24.0 Å². The third kappa shape index (κ3) is 4.26. The number of halogens is 1. The zero-order valence-electron chi connectivity index (χ0n) is 16.9. The Bertz CT molecular complexity index is 1150. The number of carbonyl (C=O) groups excluding carboxylic acids is 2. The molecule has 0 aliphatic carbocycles. The Morgan fingerprint density at radius 1 is 1.32 bits per heavy atom. The standard InChI is InChI=1S/C21H22ClN3O5S/c1-13-5-2-3-6-14(13)11-23-21(27)17-7-4-8-25(17)31(28,29)19-10-18-16(9-15(19)22)24-20(26)12-30-18/h2-3,5-6,9-10,17H,4,7-8,11-12H2,1H3,(H,23,27)(H,24,26)/t17-/m1/s1. The fraction of sp³-hybridized carbons (Fsp3) is 0.333. The summed E-state index contributed by atoms with van der Waals surface area (Å²) in [5, 5.41) is 5.40. The summed E-state index contributed by atoms with van der Waals surface area (Å²) in [7, 11) is -4.05. The predicted octanol–water partition coefficient (Wildman–Crippen LogP) is 2.45. The molecule has 8 nitrogen and oxygen atoms in total. The largest absolute Gasteiger partial charge is 0.482 e. The fourth-order valence-corrected chi connectivity index (χ4v) is 5.98. The van der Waals surface area contributed by atoms with E-state index in [4.69, 9.17) is 16.3 Å². The van der Waals surface area contributed by atoms with Gasteiger partial charge in [0, 0.05) is 19.2 Å². The lowest BCUT2D eigenvalue weighted by molar-refractivity contribution is -0.124. The van der Waals surface area contributed by atoms with Crippen LogP contribution >= 0.6 is 11.6 Å². The van der Waals surface area contributed by atoms with Crippen LogP contribution in [0.5, 0.6) is 5.75 Å². The van der Waals surface area contributed by atoms with Crippen molar-refractivity contribution in [1.29, 1.82) is 0 Å². The summed E-state index contributed by atoms with van der Waals surface area (Å²) < 4.78 is 33.3. The molecule has 2 amide bonds. The highest BCUT2D eigenvalue weighted by Crippen LogP contribution is 2.38. The van der Waals surface area contributed by atoms with Gasteiger partial charge in [0.15, 0.2) is 6.61 Å². The molecule has 10 heteroatoms. The van der Waals surface area contributed by atoms with Crippen molar-refractivity contribution in [3.63, 3.8) is 0 Å². The van der Waals surface area contributed by atoms with Crippen molar-refractivity contribution in [2.24, 2.45) is 0 Å². The van der Waals surface area contributed by atoms with Crippen molar-refractivity contribution < 1.29 is 22.7 Å². The van der Waals surface area contributed by atoms with Crippen molar-refractivity contribution in [3.8, 4) is 5.75 Å². The van der Waals surface area contributed by atoms with Crippen molar-refractivity contribution >= 4 is 39.1 Å². The van der Waals surface area contributed by atoms with Crippen molar-refractivity contribution in [3.05, 3.63) is 52.5 Å². The van der Waals surface area contributed by atoms with Crippen LogP contribution in [0.3, 0.4) is 0 Å². The van der Waals surface area contributed by atoms with Crippen molar-refractivity contribution in [1.82, 2.24) is 9.62 Å². The van der Waals surface area contributed by atoms with Gasteiger partial charge in [0.25, 0.3) is 5.91 Å². The molecule has 1 atom stereocenters. The number of hydrogen-bond acceptors (Lipinski definition) is 5. The first-order valence-electron chi connectivity index (χ1n) is 9.87. The molecule has 2 aliphatic heterocycles. The Hall–Kier alpha value is -2.62. The maximum absolute atomic E-state index is 13.4. The first-order chi connectivity index (χ1) is 14.8. The number of amides is 2. The molecule has 4 rings (SSSR count). The number of nitrogens with zero attached hydrogens (tertiary/aromatic N) is 1. The molecule has 31 heavy (non-hydrogen) atoms. The van der Waals surface area contributed by atoms with E-state index in [-0.39, 0.29) is 40.6 Å². The lowest BCUT2D eigenvalue weighted by Gasteiger charge is -2.25. The minimum absolute atomic E-state index is 0.0458. The third-order valence-electron chi connectivity index (χ3n) is 5.47. The Labute approximate surface area is 185 Å². The number of anilines is 1. The molecule has 0 radical (unpaired) electrons. The van der Waals surface area contributed by atoms with Crippen LogP contribution in [0.25, 0.3) is 0 Å². The maximum Gasteiger partial charge on any atom is 0.262 e. The van der Waals surface area contributed by atoms with E-state index in [1.807, 2.05) is 31.2 Å². The normalized spacial score (nSPS) is 18.8. The molecule has 164 valence electrons. The van der Waals surface area contributed by atoms with Crippen LogP contribution in [0.4, 0.5) is 5.69 Å². The van der Waals surface area contributed by atoms with E-state index in [0.29, 0.717) is 25.1 Å². The van der Waals surface area contributed by atoms with Crippen molar-refractivity contribution in [2.75, 3.05) is 18.5 Å². The lowest BCUT2D eigenvalue weighted by atomic mass is 10.1. The Balaban J connectivity index is 1.56. The van der Waals surface area contributed by atoms with Crippen LogP contribution < -0.4 is 15.4 Å². The number of ether oxygens (including phenoxy) is 1. The molecular weight excluding hydrogens is 442 g/mol. The zero-order chi connectivity index (χ0) is 22.2. The van der Waals surface area contributed by atoms with E-state index in [9.17, 15) is 18.0 Å². The second-order valence-electron chi connectivity index (χ2n) is 7.53. The van der Waals surface area contributed by atoms with E-state index >= 15 is 0 Å². The third-order valence-corrected chi connectivity index (χ3v) is 7.85. The number of benzene rings is 2. The van der Waals surface area contributed by atoms with Gasteiger partial charge in [-0.3, -0.25) is 9.59 Å². The van der Waals surface area contributed by atoms with Gasteiger partial charge in [-0.2, -0.15) is 4.31 Å². The molecule has 0 bridgehead atoms. The van der Waals surface area contributed by atoms with Crippen molar-refractivity contribution in [2.45, 2.75) is 37.2 Å². The summed E-state index contributed by atoms with van der Waals surface area (Å²) in [6.07, 6.45) is 0.991. The van der Waals surface area contributed by atoms with Gasteiger partial charge in [-0.05, 0) is 37.0 Å². The minimum Gasteiger partial charge on any atom is -0.482 e. The molecule has 2 N–H and O–H groups in total. The van der Waals surface area contributed by atoms with Crippen LogP contribution in [0, 0.1) is 6.92 Å². The number of nitrogens with one attached hydrogen (secondary N) is 2. The Morgan fingerprint density at radius 3 is 2.87 bits per heavy atom. The number of sulfonamides is 1. The first kappa shape index (κ1) is 21.6. The molecule has 0 spiro atoms. The summed E-state index contributed by atoms with van der Waals surface area (Å²) in [5.74, 6) is -0.464. The molecule has 2 aromatic carbocycles. The van der Waals surface area contributed by atoms with Gasteiger partial charge in [0.05, 0.1) is 10.7 Å². The molecule has 2 aromatic rings. The van der Waals surface area contributed by atoms with Crippen LogP contribution in [-0.4, -0.2) is 43.7 Å². The monoisotopic (exact) mass is 463 g/mol. The molecule has 1 fully saturated rings. The molecule has 0 saturated carbocycles. The van der Waals surface area contributed by atoms with E-state index in [1.165, 1.54) is 16.4 Å². The lowest BCUT2D eigenvalue weighted by Crippen LogP contribution is -2.45. The molecular formula is C21H22ClN3O5S. The SMILES string of the molecule is Cc1ccccc1CNC(=O)[C@H]1CCCN1S(=O)(=O)c1cc2c(cc1Cl)NC(=O)CO2. The number of aryl methyl sites for hydroxylation is 1. The highest BCUT2D eigenvalue weighted by Gasteiger charge is 2.40. The maximum atomic E-state index is 13.4. The van der Waals surface area contributed by atoms with Gasteiger partial charge < -0.3 is 15.4 Å². The number of hydrogen-bond donors (Lipinski definition) is 2. The molecule has 2 aliphatic rings. The van der Waals surface area contributed by atoms with Gasteiger partial charge in [0.2, 0.25) is 15.9 Å². The van der Waals surface area contributed by atoms with Gasteiger partial charge in [0.1, 0.15) is 16.7 Å². The highest BCUT2D eigenvalue weighted by atomic mass is 35.5. The number of carbonyl (C=O) groups is 2. The van der Waals surface area contributed by atoms with E-state index < -0.39 is 16.1 Å². The quantitative estimate of drug-likeness (QED) is 0.708. The zero-order valence-corrected chi connectivity index (χ0v) is 18.4. The minimum atomic E-state index is -4.05. The van der Waals surface area contributed by atoms with Gasteiger partial charge in [-0.1, -0.05) is 35.9 Å². The average Bonchev–Trinajstić information content (AvgIpc) is 3.23. The molecule has 2 heterocycles. The van der Waals surface area contributed by atoms with Gasteiger partial charge >= 0.3 is 0 Å². The number of fused-ring (bicyclic) bond motifs is 1.